The Balaban J connectivity index is 1.99. The molecule has 7 heteroatoms. The molecule has 7 nitrogen and oxygen atoms in total. The summed E-state index contributed by atoms with van der Waals surface area (Å²) in [5, 5.41) is 15.0. The summed E-state index contributed by atoms with van der Waals surface area (Å²) in [4.78, 5) is 7.14. The van der Waals surface area contributed by atoms with E-state index in [-0.39, 0.29) is 0 Å². The minimum Gasteiger partial charge on any atom is -0.357 e. The van der Waals surface area contributed by atoms with Gasteiger partial charge in [-0.2, -0.15) is 0 Å². The summed E-state index contributed by atoms with van der Waals surface area (Å²) in [6.07, 6.45) is 1.73. The third-order valence-corrected chi connectivity index (χ3v) is 4.36. The maximum absolute atomic E-state index is 4.68. The van der Waals surface area contributed by atoms with Crippen molar-refractivity contribution in [3.63, 3.8) is 0 Å². The molecular weight excluding hydrogens is 338 g/mol. The SMILES string of the molecule is CCNC(=NCc1nncn1-c1ccccc1)NCCN(C(C)C)C(C)C. The molecule has 2 aromatic rings. The summed E-state index contributed by atoms with van der Waals surface area (Å²) in [5.74, 6) is 1.61. The van der Waals surface area contributed by atoms with Crippen LogP contribution in [0.4, 0.5) is 0 Å². The molecule has 0 aliphatic carbocycles. The van der Waals surface area contributed by atoms with Crippen molar-refractivity contribution in [2.75, 3.05) is 19.6 Å². The van der Waals surface area contributed by atoms with Crippen molar-refractivity contribution in [3.8, 4) is 5.69 Å². The summed E-state index contributed by atoms with van der Waals surface area (Å²) < 4.78 is 1.96. The monoisotopic (exact) mass is 371 g/mol. The predicted molar refractivity (Wildman–Crippen MR) is 111 cm³/mol. The highest BCUT2D eigenvalue weighted by Gasteiger charge is 2.13. The highest BCUT2D eigenvalue weighted by Crippen LogP contribution is 2.09. The van der Waals surface area contributed by atoms with Crippen molar-refractivity contribution < 1.29 is 0 Å². The zero-order chi connectivity index (χ0) is 19.6. The molecule has 0 fully saturated rings. The van der Waals surface area contributed by atoms with Gasteiger partial charge in [0.25, 0.3) is 0 Å². The topological polar surface area (TPSA) is 70.4 Å². The molecule has 0 bridgehead atoms. The van der Waals surface area contributed by atoms with Gasteiger partial charge in [-0.15, -0.1) is 10.2 Å². The van der Waals surface area contributed by atoms with E-state index in [2.05, 4.69) is 65.3 Å². The summed E-state index contributed by atoms with van der Waals surface area (Å²) in [5.41, 5.74) is 1.04. The van der Waals surface area contributed by atoms with E-state index in [1.165, 1.54) is 0 Å². The average Bonchev–Trinajstić information content (AvgIpc) is 3.11. The normalized spacial score (nSPS) is 12.2. The Morgan fingerprint density at radius 2 is 1.81 bits per heavy atom. The molecule has 0 saturated carbocycles. The molecule has 1 aromatic carbocycles. The lowest BCUT2D eigenvalue weighted by atomic mass is 10.2. The van der Waals surface area contributed by atoms with Crippen molar-refractivity contribution in [2.24, 2.45) is 4.99 Å². The second kappa shape index (κ2) is 10.7. The Hall–Kier alpha value is -2.41. The van der Waals surface area contributed by atoms with Gasteiger partial charge in [0.15, 0.2) is 11.8 Å². The van der Waals surface area contributed by atoms with Gasteiger partial charge in [-0.25, -0.2) is 4.99 Å². The van der Waals surface area contributed by atoms with E-state index in [1.807, 2.05) is 34.9 Å². The summed E-state index contributed by atoms with van der Waals surface area (Å²) in [7, 11) is 0. The molecule has 0 unspecified atom stereocenters. The molecule has 0 aliphatic rings. The maximum atomic E-state index is 4.68. The van der Waals surface area contributed by atoms with E-state index in [1.54, 1.807) is 6.33 Å². The lowest BCUT2D eigenvalue weighted by Crippen LogP contribution is -2.45. The quantitative estimate of drug-likeness (QED) is 0.523. The molecule has 0 saturated heterocycles. The minimum absolute atomic E-state index is 0.461. The summed E-state index contributed by atoms with van der Waals surface area (Å²) in [6, 6.07) is 11.1. The second-order valence-corrected chi connectivity index (χ2v) is 7.00. The summed E-state index contributed by atoms with van der Waals surface area (Å²) in [6.45, 7) is 14.1. The molecule has 1 heterocycles. The Kier molecular flexibility index (Phi) is 8.26. The number of nitrogens with one attached hydrogen (secondary N) is 2. The Bertz CT molecular complexity index is 683. The van der Waals surface area contributed by atoms with Gasteiger partial charge in [-0.05, 0) is 46.8 Å². The van der Waals surface area contributed by atoms with Crippen LogP contribution in [-0.4, -0.2) is 57.3 Å². The third kappa shape index (κ3) is 6.36. The van der Waals surface area contributed by atoms with Crippen LogP contribution in [0.5, 0.6) is 0 Å². The Morgan fingerprint density at radius 3 is 2.44 bits per heavy atom. The number of guanidine groups is 1. The smallest absolute Gasteiger partial charge is 0.191 e. The van der Waals surface area contributed by atoms with Crippen LogP contribution < -0.4 is 10.6 Å². The van der Waals surface area contributed by atoms with E-state index in [4.69, 9.17) is 0 Å². The van der Waals surface area contributed by atoms with Crippen molar-refractivity contribution in [1.29, 1.82) is 0 Å². The van der Waals surface area contributed by atoms with Gasteiger partial charge in [0.2, 0.25) is 0 Å². The number of nitrogens with zero attached hydrogens (tertiary/aromatic N) is 5. The fraction of sp³-hybridized carbons (Fsp3) is 0.550. The number of para-hydroxylation sites is 1. The number of aromatic nitrogens is 3. The van der Waals surface area contributed by atoms with Gasteiger partial charge < -0.3 is 10.6 Å². The minimum atomic E-state index is 0.461. The lowest BCUT2D eigenvalue weighted by molar-refractivity contribution is 0.178. The van der Waals surface area contributed by atoms with Crippen LogP contribution in [-0.2, 0) is 6.54 Å². The number of hydrogen-bond acceptors (Lipinski definition) is 4. The summed E-state index contributed by atoms with van der Waals surface area (Å²) >= 11 is 0. The van der Waals surface area contributed by atoms with E-state index < -0.39 is 0 Å². The molecule has 27 heavy (non-hydrogen) atoms. The largest absolute Gasteiger partial charge is 0.357 e. The zero-order valence-electron chi connectivity index (χ0n) is 17.2. The molecular formula is C20H33N7. The fourth-order valence-electron chi connectivity index (χ4n) is 3.08. The number of benzene rings is 1. The first-order valence-corrected chi connectivity index (χ1v) is 9.75. The van der Waals surface area contributed by atoms with Crippen LogP contribution in [0.25, 0.3) is 5.69 Å². The molecule has 0 atom stereocenters. The van der Waals surface area contributed by atoms with Crippen LogP contribution in [0, 0.1) is 0 Å². The first-order chi connectivity index (χ1) is 13.0. The maximum Gasteiger partial charge on any atom is 0.191 e. The molecule has 148 valence electrons. The van der Waals surface area contributed by atoms with Crippen LogP contribution in [0.1, 0.15) is 40.4 Å². The number of rotatable bonds is 9. The molecule has 0 radical (unpaired) electrons. The van der Waals surface area contributed by atoms with Gasteiger partial charge in [0.05, 0.1) is 0 Å². The van der Waals surface area contributed by atoms with Gasteiger partial charge >= 0.3 is 0 Å². The standard InChI is InChI=1S/C20H33N7/c1-6-21-20(22-12-13-26(16(2)3)17(4)5)23-14-19-25-24-15-27(19)18-10-8-7-9-11-18/h7-11,15-17H,6,12-14H2,1-5H3,(H2,21,22,23). The first-order valence-electron chi connectivity index (χ1n) is 9.75. The highest BCUT2D eigenvalue weighted by atomic mass is 15.3. The highest BCUT2D eigenvalue weighted by molar-refractivity contribution is 5.79. The van der Waals surface area contributed by atoms with E-state index in [9.17, 15) is 0 Å². The molecule has 0 aliphatic heterocycles. The molecule has 1 aromatic heterocycles. The van der Waals surface area contributed by atoms with E-state index >= 15 is 0 Å². The van der Waals surface area contributed by atoms with Crippen molar-refractivity contribution in [3.05, 3.63) is 42.5 Å². The van der Waals surface area contributed by atoms with Gasteiger partial charge in [0, 0.05) is 37.4 Å². The fourth-order valence-corrected chi connectivity index (χ4v) is 3.08. The second-order valence-electron chi connectivity index (χ2n) is 7.00. The van der Waals surface area contributed by atoms with Gasteiger partial charge in [0.1, 0.15) is 12.9 Å². The Morgan fingerprint density at radius 1 is 1.11 bits per heavy atom. The molecule has 0 amide bonds. The zero-order valence-corrected chi connectivity index (χ0v) is 17.2. The van der Waals surface area contributed by atoms with Crippen LogP contribution >= 0.6 is 0 Å². The number of aliphatic imine (C=N–C) groups is 1. The van der Waals surface area contributed by atoms with Crippen LogP contribution in [0.2, 0.25) is 0 Å². The van der Waals surface area contributed by atoms with Crippen molar-refractivity contribution in [1.82, 2.24) is 30.3 Å². The van der Waals surface area contributed by atoms with E-state index in [0.717, 1.165) is 37.1 Å². The molecule has 0 spiro atoms. The number of hydrogen-bond donors (Lipinski definition) is 2. The molecule has 2 N–H and O–H groups in total. The average molecular weight is 372 g/mol. The van der Waals surface area contributed by atoms with Crippen molar-refractivity contribution >= 4 is 5.96 Å². The lowest BCUT2D eigenvalue weighted by Gasteiger charge is -2.30. The van der Waals surface area contributed by atoms with Gasteiger partial charge in [-0.1, -0.05) is 18.2 Å². The van der Waals surface area contributed by atoms with Crippen LogP contribution in [0.3, 0.4) is 0 Å². The van der Waals surface area contributed by atoms with Crippen LogP contribution in [0.15, 0.2) is 41.7 Å². The van der Waals surface area contributed by atoms with Gasteiger partial charge in [-0.3, -0.25) is 9.47 Å². The van der Waals surface area contributed by atoms with E-state index in [0.29, 0.717) is 18.6 Å². The first kappa shape index (κ1) is 20.9. The van der Waals surface area contributed by atoms with Crippen molar-refractivity contribution in [2.45, 2.75) is 53.2 Å². The molecule has 2 rings (SSSR count). The third-order valence-electron chi connectivity index (χ3n) is 4.36. The Labute approximate surface area is 162 Å². The predicted octanol–water partition coefficient (Wildman–Crippen LogP) is 2.44.